The highest BCUT2D eigenvalue weighted by Gasteiger charge is 2.15. The molecule has 3 aromatic heterocycles. The van der Waals surface area contributed by atoms with E-state index in [9.17, 15) is 5.11 Å². The third kappa shape index (κ3) is 2.16. The molecule has 0 aliphatic rings. The van der Waals surface area contributed by atoms with Crippen LogP contribution in [-0.2, 0) is 6.61 Å². The highest BCUT2D eigenvalue weighted by Crippen LogP contribution is 2.35. The Hall–Kier alpha value is -0.610. The predicted molar refractivity (Wildman–Crippen MR) is 74.8 cm³/mol. The maximum absolute atomic E-state index is 9.45. The van der Waals surface area contributed by atoms with E-state index in [1.54, 1.807) is 23.1 Å². The molecule has 0 aromatic carbocycles. The van der Waals surface area contributed by atoms with Gasteiger partial charge in [0, 0.05) is 11.6 Å². The molecule has 0 bridgehead atoms. The van der Waals surface area contributed by atoms with Gasteiger partial charge in [-0.3, -0.25) is 4.40 Å². The van der Waals surface area contributed by atoms with Gasteiger partial charge < -0.3 is 5.11 Å². The normalized spacial score (nSPS) is 11.4. The molecule has 0 spiro atoms. The van der Waals surface area contributed by atoms with Crippen molar-refractivity contribution in [2.24, 2.45) is 0 Å². The van der Waals surface area contributed by atoms with E-state index in [4.69, 9.17) is 0 Å². The van der Waals surface area contributed by atoms with E-state index < -0.39 is 0 Å². The summed E-state index contributed by atoms with van der Waals surface area (Å²) in [5.41, 5.74) is 0.803. The number of aromatic nitrogens is 4. The van der Waals surface area contributed by atoms with Crippen LogP contribution in [0.25, 0.3) is 4.96 Å². The van der Waals surface area contributed by atoms with Gasteiger partial charge in [-0.2, -0.15) is 0 Å². The smallest absolute Gasteiger partial charge is 0.195 e. The Bertz CT molecular complexity index is 673. The SMILES string of the molecule is CSc1nnc(Sc2nc3sccn3c2CO)s1. The van der Waals surface area contributed by atoms with Gasteiger partial charge in [0.05, 0.1) is 12.3 Å². The highest BCUT2D eigenvalue weighted by molar-refractivity contribution is 8.03. The third-order valence-corrected chi connectivity index (χ3v) is 5.95. The molecule has 0 amide bonds. The Balaban J connectivity index is 1.96. The number of rotatable bonds is 4. The lowest BCUT2D eigenvalue weighted by atomic mass is 10.5. The van der Waals surface area contributed by atoms with Crippen molar-refractivity contribution in [1.29, 1.82) is 0 Å². The maximum Gasteiger partial charge on any atom is 0.195 e. The zero-order chi connectivity index (χ0) is 12.5. The van der Waals surface area contributed by atoms with Gasteiger partial charge in [-0.1, -0.05) is 23.1 Å². The lowest BCUT2D eigenvalue weighted by Gasteiger charge is -1.96. The van der Waals surface area contributed by atoms with E-state index in [0.717, 1.165) is 24.4 Å². The number of aliphatic hydroxyl groups is 1. The molecule has 3 aromatic rings. The maximum atomic E-state index is 9.45. The molecule has 3 rings (SSSR count). The van der Waals surface area contributed by atoms with Gasteiger partial charge in [0.1, 0.15) is 5.03 Å². The van der Waals surface area contributed by atoms with Crippen molar-refractivity contribution in [3.05, 3.63) is 17.3 Å². The number of imidazole rings is 1. The van der Waals surface area contributed by atoms with Crippen LogP contribution in [0.4, 0.5) is 0 Å². The fourth-order valence-corrected chi connectivity index (χ4v) is 4.70. The van der Waals surface area contributed by atoms with Gasteiger partial charge >= 0.3 is 0 Å². The summed E-state index contributed by atoms with van der Waals surface area (Å²) < 4.78 is 3.69. The van der Waals surface area contributed by atoms with Gasteiger partial charge in [-0.25, -0.2) is 4.98 Å². The van der Waals surface area contributed by atoms with Crippen LogP contribution in [0.15, 0.2) is 25.3 Å². The number of fused-ring (bicyclic) bond motifs is 1. The molecule has 0 unspecified atom stereocenters. The first-order valence-electron chi connectivity index (χ1n) is 4.92. The molecular formula is C9H8N4OS4. The van der Waals surface area contributed by atoms with Crippen molar-refractivity contribution in [3.8, 4) is 0 Å². The molecule has 0 aliphatic carbocycles. The van der Waals surface area contributed by atoms with Gasteiger partial charge in [-0.05, 0) is 18.0 Å². The van der Waals surface area contributed by atoms with Crippen molar-refractivity contribution in [2.75, 3.05) is 6.26 Å². The quantitative estimate of drug-likeness (QED) is 0.747. The minimum atomic E-state index is -0.0333. The number of thioether (sulfide) groups is 1. The molecule has 18 heavy (non-hydrogen) atoms. The van der Waals surface area contributed by atoms with E-state index in [-0.39, 0.29) is 6.61 Å². The van der Waals surface area contributed by atoms with Crippen molar-refractivity contribution >= 4 is 51.2 Å². The molecule has 9 heteroatoms. The van der Waals surface area contributed by atoms with Crippen molar-refractivity contribution in [3.63, 3.8) is 0 Å². The van der Waals surface area contributed by atoms with Gasteiger partial charge in [0.2, 0.25) is 0 Å². The molecule has 0 fully saturated rings. The first-order chi connectivity index (χ1) is 8.81. The molecule has 5 nitrogen and oxygen atoms in total. The number of aliphatic hydroxyl groups excluding tert-OH is 1. The second-order valence-corrected chi connectivity index (χ2v) is 7.36. The molecule has 0 saturated heterocycles. The van der Waals surface area contributed by atoms with Crippen molar-refractivity contribution in [2.45, 2.75) is 20.3 Å². The molecule has 0 atom stereocenters. The number of hydrogen-bond donors (Lipinski definition) is 1. The fraction of sp³-hybridized carbons (Fsp3) is 0.222. The second-order valence-electron chi connectivity index (χ2n) is 3.22. The van der Waals surface area contributed by atoms with E-state index in [2.05, 4.69) is 15.2 Å². The Morgan fingerprint density at radius 1 is 1.39 bits per heavy atom. The fourth-order valence-electron chi connectivity index (χ4n) is 1.44. The molecule has 1 N–H and O–H groups in total. The zero-order valence-electron chi connectivity index (χ0n) is 9.23. The summed E-state index contributed by atoms with van der Waals surface area (Å²) in [7, 11) is 0. The first kappa shape index (κ1) is 12.4. The number of thiazole rings is 1. The van der Waals surface area contributed by atoms with Crippen LogP contribution in [0.5, 0.6) is 0 Å². The molecule has 0 saturated carbocycles. The van der Waals surface area contributed by atoms with Crippen LogP contribution in [0.1, 0.15) is 5.69 Å². The Morgan fingerprint density at radius 2 is 2.22 bits per heavy atom. The van der Waals surface area contributed by atoms with E-state index in [1.165, 1.54) is 23.1 Å². The van der Waals surface area contributed by atoms with E-state index >= 15 is 0 Å². The van der Waals surface area contributed by atoms with Crippen molar-refractivity contribution < 1.29 is 5.11 Å². The van der Waals surface area contributed by atoms with Crippen LogP contribution in [-0.4, -0.2) is 30.9 Å². The van der Waals surface area contributed by atoms with Crippen molar-refractivity contribution in [1.82, 2.24) is 19.6 Å². The van der Waals surface area contributed by atoms with Gasteiger partial charge in [0.25, 0.3) is 0 Å². The minimum Gasteiger partial charge on any atom is -0.390 e. The molecule has 0 radical (unpaired) electrons. The summed E-state index contributed by atoms with van der Waals surface area (Å²) in [6, 6.07) is 0. The lowest BCUT2D eigenvalue weighted by molar-refractivity contribution is 0.272. The second kappa shape index (κ2) is 5.17. The topological polar surface area (TPSA) is 63.3 Å². The predicted octanol–water partition coefficient (Wildman–Crippen LogP) is 2.61. The van der Waals surface area contributed by atoms with Crippen LogP contribution in [0, 0.1) is 0 Å². The van der Waals surface area contributed by atoms with Gasteiger partial charge in [-0.15, -0.1) is 21.5 Å². The van der Waals surface area contributed by atoms with Crippen LogP contribution in [0.3, 0.4) is 0 Å². The molecule has 3 heterocycles. The standard InChI is InChI=1S/C9H8N4OS4/c1-15-8-11-12-9(18-8)17-6-5(4-14)13-2-3-16-7(13)10-6/h2-3,14H,4H2,1H3. The largest absolute Gasteiger partial charge is 0.390 e. The highest BCUT2D eigenvalue weighted by atomic mass is 32.2. The zero-order valence-corrected chi connectivity index (χ0v) is 12.5. The summed E-state index contributed by atoms with van der Waals surface area (Å²) >= 11 is 6.11. The Labute approximate surface area is 119 Å². The van der Waals surface area contributed by atoms with E-state index in [0.29, 0.717) is 0 Å². The molecule has 94 valence electrons. The van der Waals surface area contributed by atoms with Crippen LogP contribution >= 0.6 is 46.2 Å². The summed E-state index contributed by atoms with van der Waals surface area (Å²) in [6.45, 7) is -0.0333. The summed E-state index contributed by atoms with van der Waals surface area (Å²) in [6.07, 6.45) is 3.89. The van der Waals surface area contributed by atoms with Gasteiger partial charge in [0.15, 0.2) is 13.6 Å². The third-order valence-electron chi connectivity index (χ3n) is 2.22. The van der Waals surface area contributed by atoms with E-state index in [1.807, 2.05) is 22.2 Å². The average Bonchev–Trinajstić information content (AvgIpc) is 3.04. The minimum absolute atomic E-state index is 0.0333. The Morgan fingerprint density at radius 3 is 2.94 bits per heavy atom. The van der Waals surface area contributed by atoms with Crippen LogP contribution < -0.4 is 0 Å². The summed E-state index contributed by atoms with van der Waals surface area (Å²) in [4.78, 5) is 5.38. The Kier molecular flexibility index (Phi) is 3.57. The molecule has 0 aliphatic heterocycles. The average molecular weight is 316 g/mol. The summed E-state index contributed by atoms with van der Waals surface area (Å²) in [5.74, 6) is 0. The first-order valence-corrected chi connectivity index (χ1v) is 8.66. The monoisotopic (exact) mass is 316 g/mol. The molecular weight excluding hydrogens is 308 g/mol. The number of hydrogen-bond acceptors (Lipinski definition) is 8. The van der Waals surface area contributed by atoms with Crippen LogP contribution in [0.2, 0.25) is 0 Å². The lowest BCUT2D eigenvalue weighted by Crippen LogP contribution is -1.90. The number of nitrogens with zero attached hydrogens (tertiary/aromatic N) is 4. The summed E-state index contributed by atoms with van der Waals surface area (Å²) in [5, 5.41) is 20.3.